The van der Waals surface area contributed by atoms with Gasteiger partial charge in [-0.15, -0.1) is 11.3 Å². The molecule has 1 aromatic heterocycles. The van der Waals surface area contributed by atoms with E-state index in [4.69, 9.17) is 11.6 Å². The number of benzene rings is 2. The average molecular weight is 521 g/mol. The summed E-state index contributed by atoms with van der Waals surface area (Å²) >= 11 is 7.68. The standard InChI is InChI=1S/C25H31ClN3O3S2/c1-19-18-28(25(27-2)33-19)11-14-29(12-4-3-5-13-29)24(30)10-15-34(31,32)23-9-7-20-16-22(26)8-6-21(20)17-23/h6-9,16-18H,3-5,10-15H2,1-2H3/q+1/b27-25-. The molecular formula is C25H31ClN3O3S2+. The molecule has 2 heterocycles. The van der Waals surface area contributed by atoms with Crippen LogP contribution in [0.1, 0.15) is 30.6 Å². The summed E-state index contributed by atoms with van der Waals surface area (Å²) in [6.45, 7) is 4.97. The molecule has 3 aromatic rings. The highest BCUT2D eigenvalue weighted by Crippen LogP contribution is 2.25. The van der Waals surface area contributed by atoms with Crippen molar-refractivity contribution in [2.45, 2.75) is 44.0 Å². The number of halogens is 1. The summed E-state index contributed by atoms with van der Waals surface area (Å²) in [6, 6.07) is 10.4. The van der Waals surface area contributed by atoms with Crippen LogP contribution >= 0.6 is 22.9 Å². The Hall–Kier alpha value is -2.00. The summed E-state index contributed by atoms with van der Waals surface area (Å²) in [4.78, 5) is 20.2. The summed E-state index contributed by atoms with van der Waals surface area (Å²) in [7, 11) is -1.80. The van der Waals surface area contributed by atoms with Gasteiger partial charge in [0.1, 0.15) is 6.54 Å². The van der Waals surface area contributed by atoms with Gasteiger partial charge in [0.25, 0.3) is 0 Å². The number of aryl methyl sites for hydroxylation is 1. The van der Waals surface area contributed by atoms with Crippen LogP contribution in [0.3, 0.4) is 0 Å². The van der Waals surface area contributed by atoms with Crippen LogP contribution in [0.4, 0.5) is 0 Å². The van der Waals surface area contributed by atoms with Gasteiger partial charge in [0.15, 0.2) is 14.6 Å². The molecule has 0 spiro atoms. The first-order valence-electron chi connectivity index (χ1n) is 11.6. The number of thiazole rings is 1. The van der Waals surface area contributed by atoms with Crippen molar-refractivity contribution in [1.29, 1.82) is 0 Å². The van der Waals surface area contributed by atoms with Gasteiger partial charge in [0, 0.05) is 23.1 Å². The lowest BCUT2D eigenvalue weighted by molar-refractivity contribution is -0.860. The molecule has 6 nitrogen and oxygen atoms in total. The fourth-order valence-electron chi connectivity index (χ4n) is 4.82. The van der Waals surface area contributed by atoms with Gasteiger partial charge >= 0.3 is 5.91 Å². The fraction of sp³-hybridized carbons (Fsp3) is 0.440. The predicted octanol–water partition coefficient (Wildman–Crippen LogP) is 4.59. The van der Waals surface area contributed by atoms with Crippen LogP contribution in [0.15, 0.2) is 52.5 Å². The lowest BCUT2D eigenvalue weighted by atomic mass is 10.1. The third-order valence-corrected chi connectivity index (χ3v) is 9.69. The van der Waals surface area contributed by atoms with Gasteiger partial charge in [0.05, 0.1) is 36.7 Å². The molecule has 0 bridgehead atoms. The Kier molecular flexibility index (Phi) is 7.62. The van der Waals surface area contributed by atoms with Crippen LogP contribution < -0.4 is 4.80 Å². The topological polar surface area (TPSA) is 68.5 Å². The Bertz CT molecular complexity index is 1370. The van der Waals surface area contributed by atoms with Crippen molar-refractivity contribution in [2.75, 3.05) is 32.4 Å². The van der Waals surface area contributed by atoms with Gasteiger partial charge in [-0.05, 0) is 61.2 Å². The zero-order valence-electron chi connectivity index (χ0n) is 19.7. The Balaban J connectivity index is 1.49. The number of rotatable bonds is 7. The quantitative estimate of drug-likeness (QED) is 0.428. The van der Waals surface area contributed by atoms with E-state index in [9.17, 15) is 13.2 Å². The maximum absolute atomic E-state index is 13.5. The van der Waals surface area contributed by atoms with Crippen molar-refractivity contribution in [2.24, 2.45) is 4.99 Å². The Morgan fingerprint density at radius 2 is 1.82 bits per heavy atom. The van der Waals surface area contributed by atoms with Gasteiger partial charge in [-0.25, -0.2) is 13.2 Å². The molecule has 1 amide bonds. The Labute approximate surface area is 210 Å². The molecule has 0 N–H and O–H groups in total. The second-order valence-electron chi connectivity index (χ2n) is 9.03. The summed E-state index contributed by atoms with van der Waals surface area (Å²) in [5.74, 6) is -0.149. The largest absolute Gasteiger partial charge is 0.318 e. The average Bonchev–Trinajstić information content (AvgIpc) is 3.21. The summed E-state index contributed by atoms with van der Waals surface area (Å²) in [6.07, 6.45) is 5.20. The fourth-order valence-corrected chi connectivity index (χ4v) is 7.08. The van der Waals surface area contributed by atoms with Crippen molar-refractivity contribution in [1.82, 2.24) is 4.57 Å². The first kappa shape index (κ1) is 25.1. The number of quaternary nitrogens is 1. The van der Waals surface area contributed by atoms with Crippen LogP contribution in [0.25, 0.3) is 10.8 Å². The van der Waals surface area contributed by atoms with Crippen LogP contribution in [0.5, 0.6) is 0 Å². The van der Waals surface area contributed by atoms with E-state index in [1.165, 1.54) is 4.88 Å². The van der Waals surface area contributed by atoms with E-state index in [2.05, 4.69) is 22.7 Å². The normalized spacial score (nSPS) is 16.7. The molecule has 182 valence electrons. The minimum absolute atomic E-state index is 0.0263. The number of nitrogens with zero attached hydrogens (tertiary/aromatic N) is 3. The minimum Gasteiger partial charge on any atom is -0.318 e. The number of carbonyl (C=O) groups is 1. The van der Waals surface area contributed by atoms with Crippen molar-refractivity contribution in [3.05, 3.63) is 57.3 Å². The highest BCUT2D eigenvalue weighted by molar-refractivity contribution is 7.91. The maximum atomic E-state index is 13.5. The molecule has 4 rings (SSSR count). The number of amides is 1. The van der Waals surface area contributed by atoms with Crippen LogP contribution in [0.2, 0.25) is 5.02 Å². The molecule has 1 aliphatic rings. The number of piperidine rings is 1. The van der Waals surface area contributed by atoms with Gasteiger partial charge in [-0.1, -0.05) is 23.7 Å². The smallest absolute Gasteiger partial charge is 0.314 e. The first-order valence-corrected chi connectivity index (χ1v) is 14.5. The van der Waals surface area contributed by atoms with Crippen molar-refractivity contribution in [3.63, 3.8) is 0 Å². The third-order valence-electron chi connectivity index (χ3n) is 6.71. The molecule has 0 aliphatic carbocycles. The van der Waals surface area contributed by atoms with E-state index in [0.717, 1.165) is 47.9 Å². The van der Waals surface area contributed by atoms with Gasteiger partial charge < -0.3 is 4.57 Å². The molecule has 0 radical (unpaired) electrons. The molecule has 34 heavy (non-hydrogen) atoms. The summed E-state index contributed by atoms with van der Waals surface area (Å²) in [5, 5.41) is 2.32. The number of fused-ring (bicyclic) bond motifs is 1. The zero-order valence-corrected chi connectivity index (χ0v) is 22.1. The Morgan fingerprint density at radius 3 is 2.56 bits per heavy atom. The van der Waals surface area contributed by atoms with E-state index in [0.29, 0.717) is 22.6 Å². The highest BCUT2D eigenvalue weighted by Gasteiger charge is 2.38. The van der Waals surface area contributed by atoms with Gasteiger partial charge in [-0.3, -0.25) is 9.48 Å². The van der Waals surface area contributed by atoms with Gasteiger partial charge in [0.2, 0.25) is 0 Å². The second kappa shape index (κ2) is 10.3. The number of hydrogen-bond acceptors (Lipinski definition) is 5. The summed E-state index contributed by atoms with van der Waals surface area (Å²) < 4.78 is 28.7. The van der Waals surface area contributed by atoms with Crippen LogP contribution in [-0.2, 0) is 21.2 Å². The molecular weight excluding hydrogens is 490 g/mol. The molecule has 0 atom stereocenters. The van der Waals surface area contributed by atoms with Crippen molar-refractivity contribution in [3.8, 4) is 0 Å². The molecule has 1 fully saturated rings. The number of aromatic nitrogens is 1. The lowest BCUT2D eigenvalue weighted by Gasteiger charge is -2.39. The predicted molar refractivity (Wildman–Crippen MR) is 138 cm³/mol. The molecule has 1 aliphatic heterocycles. The third kappa shape index (κ3) is 5.46. The van der Waals surface area contributed by atoms with Crippen molar-refractivity contribution >= 4 is 49.5 Å². The van der Waals surface area contributed by atoms with Crippen molar-refractivity contribution < 1.29 is 17.7 Å². The second-order valence-corrected chi connectivity index (χ2v) is 12.8. The van der Waals surface area contributed by atoms with E-state index in [1.807, 2.05) is 12.1 Å². The molecule has 0 unspecified atom stereocenters. The zero-order chi connectivity index (χ0) is 24.3. The molecule has 1 saturated heterocycles. The number of hydrogen-bond donors (Lipinski definition) is 0. The SMILES string of the molecule is C/N=c1\sc(C)cn1CC[N+]1(C(=O)CCS(=O)(=O)c2ccc3cc(Cl)ccc3c2)CCCCC1. The van der Waals surface area contributed by atoms with E-state index in [1.54, 1.807) is 42.6 Å². The lowest BCUT2D eigenvalue weighted by Crippen LogP contribution is -2.57. The molecule has 2 aromatic carbocycles. The van der Waals surface area contributed by atoms with Crippen LogP contribution in [0, 0.1) is 6.92 Å². The Morgan fingerprint density at radius 1 is 1.12 bits per heavy atom. The first-order chi connectivity index (χ1) is 16.2. The monoisotopic (exact) mass is 520 g/mol. The summed E-state index contributed by atoms with van der Waals surface area (Å²) in [5.41, 5.74) is 0. The maximum Gasteiger partial charge on any atom is 0.314 e. The van der Waals surface area contributed by atoms with E-state index in [-0.39, 0.29) is 23.0 Å². The molecule has 0 saturated carbocycles. The minimum atomic E-state index is -3.58. The van der Waals surface area contributed by atoms with E-state index < -0.39 is 9.84 Å². The number of likely N-dealkylation sites (tertiary alicyclic amines) is 1. The molecule has 9 heteroatoms. The highest BCUT2D eigenvalue weighted by atomic mass is 35.5. The number of carbonyl (C=O) groups excluding carboxylic acids is 1. The van der Waals surface area contributed by atoms with Gasteiger partial charge in [-0.2, -0.15) is 0 Å². The van der Waals surface area contributed by atoms with E-state index >= 15 is 0 Å². The number of sulfone groups is 1. The van der Waals surface area contributed by atoms with Crippen LogP contribution in [-0.4, -0.2) is 55.8 Å².